The SMILES string of the molecule is Cc1cc(-c2cccc(-c3cccc4c3sc3ccccc34)c2)ncc1-c1ccc([Si](C)(C)C)cc1. The Morgan fingerprint density at radius 3 is 2.14 bits per heavy atom. The normalized spacial score (nSPS) is 11.9. The molecule has 4 aromatic carbocycles. The van der Waals surface area contributed by atoms with Gasteiger partial charge in [0, 0.05) is 37.5 Å². The number of hydrogen-bond acceptors (Lipinski definition) is 2. The molecule has 36 heavy (non-hydrogen) atoms. The van der Waals surface area contributed by atoms with E-state index >= 15 is 0 Å². The molecule has 0 fully saturated rings. The smallest absolute Gasteiger partial charge is 0.0775 e. The summed E-state index contributed by atoms with van der Waals surface area (Å²) >= 11 is 1.88. The highest BCUT2D eigenvalue weighted by Crippen LogP contribution is 2.40. The van der Waals surface area contributed by atoms with Crippen molar-refractivity contribution in [3.8, 4) is 33.5 Å². The summed E-state index contributed by atoms with van der Waals surface area (Å²) < 4.78 is 2.68. The number of hydrogen-bond donors (Lipinski definition) is 0. The first kappa shape index (κ1) is 22.9. The van der Waals surface area contributed by atoms with E-state index in [2.05, 4.69) is 124 Å². The molecule has 0 saturated heterocycles. The van der Waals surface area contributed by atoms with Gasteiger partial charge >= 0.3 is 0 Å². The molecule has 0 radical (unpaired) electrons. The molecule has 6 rings (SSSR count). The van der Waals surface area contributed by atoms with Crippen molar-refractivity contribution in [1.82, 2.24) is 4.98 Å². The first-order valence-corrected chi connectivity index (χ1v) is 16.8. The average Bonchev–Trinajstić information content (AvgIpc) is 3.27. The van der Waals surface area contributed by atoms with Gasteiger partial charge in [0.2, 0.25) is 0 Å². The molecule has 176 valence electrons. The number of aryl methyl sites for hydroxylation is 1. The van der Waals surface area contributed by atoms with Crippen LogP contribution in [-0.2, 0) is 0 Å². The van der Waals surface area contributed by atoms with Crippen molar-refractivity contribution in [2.24, 2.45) is 0 Å². The molecular weight excluding hydrogens is 471 g/mol. The first-order chi connectivity index (χ1) is 17.4. The Kier molecular flexibility index (Phi) is 5.63. The van der Waals surface area contributed by atoms with E-state index in [0.717, 1.165) is 11.3 Å². The molecule has 0 saturated carbocycles. The number of thiophene rings is 1. The van der Waals surface area contributed by atoms with Crippen LogP contribution in [0.5, 0.6) is 0 Å². The fraction of sp³-hybridized carbons (Fsp3) is 0.121. The zero-order valence-corrected chi connectivity index (χ0v) is 23.0. The molecule has 0 amide bonds. The molecule has 0 unspecified atom stereocenters. The monoisotopic (exact) mass is 499 g/mol. The lowest BCUT2D eigenvalue weighted by molar-refractivity contribution is 1.29. The average molecular weight is 500 g/mol. The van der Waals surface area contributed by atoms with Crippen molar-refractivity contribution in [1.29, 1.82) is 0 Å². The quantitative estimate of drug-likeness (QED) is 0.220. The van der Waals surface area contributed by atoms with Gasteiger partial charge in [0.15, 0.2) is 0 Å². The van der Waals surface area contributed by atoms with E-state index < -0.39 is 8.07 Å². The first-order valence-electron chi connectivity index (χ1n) is 12.5. The number of rotatable bonds is 4. The van der Waals surface area contributed by atoms with Gasteiger partial charge < -0.3 is 0 Å². The molecule has 0 N–H and O–H groups in total. The van der Waals surface area contributed by atoms with E-state index in [1.54, 1.807) is 0 Å². The fourth-order valence-corrected chi connectivity index (χ4v) is 7.39. The van der Waals surface area contributed by atoms with Crippen molar-refractivity contribution < 1.29 is 0 Å². The topological polar surface area (TPSA) is 12.9 Å². The van der Waals surface area contributed by atoms with Crippen LogP contribution in [0.2, 0.25) is 19.6 Å². The van der Waals surface area contributed by atoms with Gasteiger partial charge in [-0.05, 0) is 47.4 Å². The maximum absolute atomic E-state index is 4.90. The fourth-order valence-electron chi connectivity index (χ4n) is 4.99. The Morgan fingerprint density at radius 1 is 0.639 bits per heavy atom. The van der Waals surface area contributed by atoms with Crippen LogP contribution in [0, 0.1) is 6.92 Å². The Balaban J connectivity index is 1.38. The molecule has 2 aromatic heterocycles. The summed E-state index contributed by atoms with van der Waals surface area (Å²) in [7, 11) is -1.30. The summed E-state index contributed by atoms with van der Waals surface area (Å²) in [6.45, 7) is 9.35. The highest BCUT2D eigenvalue weighted by atomic mass is 32.1. The molecule has 0 spiro atoms. The molecule has 0 aliphatic heterocycles. The minimum atomic E-state index is -1.30. The highest BCUT2D eigenvalue weighted by molar-refractivity contribution is 7.26. The van der Waals surface area contributed by atoms with Gasteiger partial charge in [-0.25, -0.2) is 0 Å². The lowest BCUT2D eigenvalue weighted by atomic mass is 9.97. The van der Waals surface area contributed by atoms with Gasteiger partial charge in [0.25, 0.3) is 0 Å². The third kappa shape index (κ3) is 4.09. The van der Waals surface area contributed by atoms with Crippen molar-refractivity contribution in [3.05, 3.63) is 109 Å². The molecule has 0 atom stereocenters. The zero-order chi connectivity index (χ0) is 24.9. The minimum absolute atomic E-state index is 1.01. The molecule has 1 nitrogen and oxygen atoms in total. The third-order valence-corrected chi connectivity index (χ3v) is 10.3. The predicted molar refractivity (Wildman–Crippen MR) is 161 cm³/mol. The van der Waals surface area contributed by atoms with Crippen LogP contribution >= 0.6 is 11.3 Å². The Labute approximate surface area is 218 Å². The molecular formula is C33H29NSSi. The lowest BCUT2D eigenvalue weighted by Crippen LogP contribution is -2.37. The van der Waals surface area contributed by atoms with Crippen LogP contribution in [0.1, 0.15) is 5.56 Å². The van der Waals surface area contributed by atoms with Crippen molar-refractivity contribution in [3.63, 3.8) is 0 Å². The summed E-state index contributed by atoms with van der Waals surface area (Å²) in [5.74, 6) is 0. The van der Waals surface area contributed by atoms with Crippen LogP contribution in [0.25, 0.3) is 53.7 Å². The van der Waals surface area contributed by atoms with Gasteiger partial charge in [-0.2, -0.15) is 0 Å². The Morgan fingerprint density at radius 2 is 1.36 bits per heavy atom. The highest BCUT2D eigenvalue weighted by Gasteiger charge is 2.16. The van der Waals surface area contributed by atoms with Gasteiger partial charge in [-0.1, -0.05) is 104 Å². The van der Waals surface area contributed by atoms with Crippen LogP contribution in [-0.4, -0.2) is 13.1 Å². The van der Waals surface area contributed by atoms with E-state index in [1.165, 1.54) is 53.2 Å². The van der Waals surface area contributed by atoms with Crippen LogP contribution in [0.15, 0.2) is 103 Å². The lowest BCUT2D eigenvalue weighted by Gasteiger charge is -2.17. The third-order valence-electron chi connectivity index (χ3n) is 7.05. The number of fused-ring (bicyclic) bond motifs is 3. The van der Waals surface area contributed by atoms with Crippen molar-refractivity contribution in [2.75, 3.05) is 0 Å². The molecule has 2 heterocycles. The van der Waals surface area contributed by atoms with Crippen LogP contribution < -0.4 is 5.19 Å². The number of aromatic nitrogens is 1. The van der Waals surface area contributed by atoms with Gasteiger partial charge in [-0.15, -0.1) is 11.3 Å². The summed E-state index contributed by atoms with van der Waals surface area (Å²) in [6, 6.07) is 35.5. The van der Waals surface area contributed by atoms with Crippen molar-refractivity contribution in [2.45, 2.75) is 26.6 Å². The van der Waals surface area contributed by atoms with Gasteiger partial charge in [0.1, 0.15) is 0 Å². The molecule has 0 aliphatic rings. The zero-order valence-electron chi connectivity index (χ0n) is 21.2. The number of benzene rings is 4. The van der Waals surface area contributed by atoms with E-state index in [4.69, 9.17) is 4.98 Å². The largest absolute Gasteiger partial charge is 0.256 e. The van der Waals surface area contributed by atoms with E-state index in [9.17, 15) is 0 Å². The Hall–Kier alpha value is -3.53. The second-order valence-corrected chi connectivity index (χ2v) is 16.7. The van der Waals surface area contributed by atoms with E-state index in [-0.39, 0.29) is 0 Å². The standard InChI is InChI=1S/C33H29NSSi/c1-22-19-31(34-21-30(22)23-15-17-26(18-16-23)36(2,3)4)25-10-7-9-24(20-25)27-12-8-13-29-28-11-5-6-14-32(28)35-33(27)29/h5-21H,1-4H3. The second kappa shape index (κ2) is 8.84. The molecule has 3 heteroatoms. The summed E-state index contributed by atoms with van der Waals surface area (Å²) in [6.07, 6.45) is 2.04. The van der Waals surface area contributed by atoms with Gasteiger partial charge in [-0.3, -0.25) is 4.98 Å². The Bertz CT molecular complexity index is 1720. The maximum Gasteiger partial charge on any atom is 0.0775 e. The second-order valence-electron chi connectivity index (χ2n) is 10.6. The van der Waals surface area contributed by atoms with Gasteiger partial charge in [0.05, 0.1) is 13.8 Å². The molecule has 0 bridgehead atoms. The van der Waals surface area contributed by atoms with E-state index in [1.807, 2.05) is 17.5 Å². The van der Waals surface area contributed by atoms with E-state index in [0.29, 0.717) is 0 Å². The number of nitrogens with zero attached hydrogens (tertiary/aromatic N) is 1. The van der Waals surface area contributed by atoms with Crippen LogP contribution in [0.4, 0.5) is 0 Å². The summed E-state index contributed by atoms with van der Waals surface area (Å²) in [5.41, 5.74) is 8.36. The summed E-state index contributed by atoms with van der Waals surface area (Å²) in [5, 5.41) is 4.15. The predicted octanol–water partition coefficient (Wildman–Crippen LogP) is 9.30. The molecule has 6 aromatic rings. The minimum Gasteiger partial charge on any atom is -0.256 e. The van der Waals surface area contributed by atoms with Crippen LogP contribution in [0.3, 0.4) is 0 Å². The number of pyridine rings is 1. The van der Waals surface area contributed by atoms with Crippen molar-refractivity contribution >= 4 is 44.8 Å². The molecule has 0 aliphatic carbocycles. The maximum atomic E-state index is 4.90. The summed E-state index contributed by atoms with van der Waals surface area (Å²) in [4.78, 5) is 4.90.